The first kappa shape index (κ1) is 19.3. The smallest absolute Gasteiger partial charge is 0.251 e. The average Bonchev–Trinajstić information content (AvgIpc) is 2.62. The number of sulfonamides is 1. The Hall–Kier alpha value is -1.44. The molecule has 7 heteroatoms. The predicted molar refractivity (Wildman–Crippen MR) is 99.5 cm³/mol. The number of amides is 1. The van der Waals surface area contributed by atoms with Crippen molar-refractivity contribution in [1.29, 1.82) is 0 Å². The summed E-state index contributed by atoms with van der Waals surface area (Å²) in [7, 11) is -3.58. The highest BCUT2D eigenvalue weighted by atomic mass is 32.2. The number of hydrogen-bond donors (Lipinski definition) is 1. The number of hydrogen-bond acceptors (Lipinski definition) is 4. The fourth-order valence-electron chi connectivity index (χ4n) is 3.77. The van der Waals surface area contributed by atoms with Gasteiger partial charge >= 0.3 is 0 Å². The minimum atomic E-state index is -3.58. The number of carbonyl (C=O) groups excluding carboxylic acids is 1. The maximum atomic E-state index is 12.8. The van der Waals surface area contributed by atoms with E-state index in [9.17, 15) is 13.2 Å². The van der Waals surface area contributed by atoms with Gasteiger partial charge in [0.15, 0.2) is 0 Å². The van der Waals surface area contributed by atoms with Gasteiger partial charge in [-0.25, -0.2) is 8.42 Å². The highest BCUT2D eigenvalue weighted by molar-refractivity contribution is 7.89. The molecule has 3 rings (SSSR count). The van der Waals surface area contributed by atoms with Crippen LogP contribution in [0.1, 0.15) is 56.3 Å². The van der Waals surface area contributed by atoms with E-state index in [1.54, 1.807) is 12.1 Å². The molecule has 1 aromatic rings. The van der Waals surface area contributed by atoms with Gasteiger partial charge in [0, 0.05) is 24.7 Å². The second kappa shape index (κ2) is 8.06. The van der Waals surface area contributed by atoms with E-state index in [-0.39, 0.29) is 29.1 Å². The van der Waals surface area contributed by atoms with Gasteiger partial charge in [0.1, 0.15) is 0 Å². The lowest BCUT2D eigenvalue weighted by Crippen LogP contribution is -2.48. The van der Waals surface area contributed by atoms with Gasteiger partial charge in [0.05, 0.1) is 17.1 Å². The van der Waals surface area contributed by atoms with E-state index in [2.05, 4.69) is 5.32 Å². The van der Waals surface area contributed by atoms with Crippen molar-refractivity contribution in [2.24, 2.45) is 0 Å². The summed E-state index contributed by atoms with van der Waals surface area (Å²) in [5, 5.41) is 3.05. The van der Waals surface area contributed by atoms with Crippen LogP contribution in [0.5, 0.6) is 0 Å². The van der Waals surface area contributed by atoms with E-state index in [0.29, 0.717) is 18.7 Å². The van der Waals surface area contributed by atoms with Crippen LogP contribution in [0.25, 0.3) is 0 Å². The van der Waals surface area contributed by atoms with Crippen molar-refractivity contribution in [3.8, 4) is 0 Å². The molecule has 1 heterocycles. The molecule has 26 heavy (non-hydrogen) atoms. The van der Waals surface area contributed by atoms with Crippen molar-refractivity contribution in [2.45, 2.75) is 69.1 Å². The highest BCUT2D eigenvalue weighted by Crippen LogP contribution is 2.22. The first-order chi connectivity index (χ1) is 12.4. The molecule has 144 valence electrons. The normalized spacial score (nSPS) is 25.8. The Morgan fingerprint density at radius 3 is 2.19 bits per heavy atom. The third kappa shape index (κ3) is 4.45. The molecule has 1 aromatic carbocycles. The molecule has 2 aliphatic rings. The van der Waals surface area contributed by atoms with Crippen molar-refractivity contribution >= 4 is 15.9 Å². The van der Waals surface area contributed by atoms with Gasteiger partial charge < -0.3 is 10.1 Å². The minimum absolute atomic E-state index is 0.130. The van der Waals surface area contributed by atoms with Crippen LogP contribution in [0, 0.1) is 0 Å². The first-order valence-corrected chi connectivity index (χ1v) is 10.9. The molecule has 0 aromatic heterocycles. The topological polar surface area (TPSA) is 75.7 Å². The second-order valence-electron chi connectivity index (χ2n) is 7.41. The summed E-state index contributed by atoms with van der Waals surface area (Å²) < 4.78 is 32.8. The molecule has 0 radical (unpaired) electrons. The van der Waals surface area contributed by atoms with Crippen LogP contribution in [0.4, 0.5) is 0 Å². The van der Waals surface area contributed by atoms with Gasteiger partial charge in [0.25, 0.3) is 5.91 Å². The molecule has 2 atom stereocenters. The summed E-state index contributed by atoms with van der Waals surface area (Å²) in [6.07, 6.45) is 5.31. The SMILES string of the molecule is C[C@@H]1CN(S(=O)(=O)c2ccc(C(=O)NC3CCCCC3)cc2)C[C@H](C)O1. The van der Waals surface area contributed by atoms with E-state index in [0.717, 1.165) is 25.7 Å². The zero-order chi connectivity index (χ0) is 18.7. The fourth-order valence-corrected chi connectivity index (χ4v) is 5.36. The van der Waals surface area contributed by atoms with Gasteiger partial charge in [-0.1, -0.05) is 19.3 Å². The lowest BCUT2D eigenvalue weighted by molar-refractivity contribution is -0.0440. The zero-order valence-corrected chi connectivity index (χ0v) is 16.3. The van der Waals surface area contributed by atoms with Crippen LogP contribution in [0.15, 0.2) is 29.2 Å². The molecule has 1 saturated heterocycles. The second-order valence-corrected chi connectivity index (χ2v) is 9.35. The quantitative estimate of drug-likeness (QED) is 0.871. The van der Waals surface area contributed by atoms with E-state index in [4.69, 9.17) is 4.74 Å². The van der Waals surface area contributed by atoms with Gasteiger partial charge in [0.2, 0.25) is 10.0 Å². The molecule has 1 N–H and O–H groups in total. The van der Waals surface area contributed by atoms with Crippen molar-refractivity contribution in [2.75, 3.05) is 13.1 Å². The number of rotatable bonds is 4. The molecular formula is C19H28N2O4S. The third-order valence-corrected chi connectivity index (χ3v) is 6.93. The summed E-state index contributed by atoms with van der Waals surface area (Å²) >= 11 is 0. The Kier molecular flexibility index (Phi) is 5.99. The van der Waals surface area contributed by atoms with Gasteiger partial charge in [-0.15, -0.1) is 0 Å². The number of benzene rings is 1. The van der Waals surface area contributed by atoms with Crippen molar-refractivity contribution < 1.29 is 17.9 Å². The number of nitrogens with one attached hydrogen (secondary N) is 1. The Balaban J connectivity index is 1.69. The summed E-state index contributed by atoms with van der Waals surface area (Å²) in [6.45, 7) is 4.43. The van der Waals surface area contributed by atoms with E-state index >= 15 is 0 Å². The fraction of sp³-hybridized carbons (Fsp3) is 0.632. The largest absolute Gasteiger partial charge is 0.373 e. The Bertz CT molecular complexity index is 716. The third-order valence-electron chi connectivity index (χ3n) is 5.08. The molecule has 1 saturated carbocycles. The van der Waals surface area contributed by atoms with E-state index < -0.39 is 10.0 Å². The molecular weight excluding hydrogens is 352 g/mol. The number of nitrogens with zero attached hydrogens (tertiary/aromatic N) is 1. The number of ether oxygens (including phenoxy) is 1. The monoisotopic (exact) mass is 380 g/mol. The summed E-state index contributed by atoms with van der Waals surface area (Å²) in [4.78, 5) is 12.6. The Morgan fingerprint density at radius 1 is 1.04 bits per heavy atom. The standard InChI is InChI=1S/C19H28N2O4S/c1-14-12-21(13-15(2)25-14)26(23,24)18-10-8-16(9-11-18)19(22)20-17-6-4-3-5-7-17/h8-11,14-15,17H,3-7,12-13H2,1-2H3,(H,20,22)/t14-,15+. The van der Waals surface area contributed by atoms with Crippen LogP contribution in [-0.2, 0) is 14.8 Å². The molecule has 6 nitrogen and oxygen atoms in total. The molecule has 0 unspecified atom stereocenters. The number of carbonyl (C=O) groups is 1. The van der Waals surface area contributed by atoms with Crippen LogP contribution in [0.2, 0.25) is 0 Å². The van der Waals surface area contributed by atoms with Crippen molar-refractivity contribution in [3.63, 3.8) is 0 Å². The van der Waals surface area contributed by atoms with Crippen LogP contribution < -0.4 is 5.32 Å². The summed E-state index contributed by atoms with van der Waals surface area (Å²) in [5.41, 5.74) is 0.498. The Morgan fingerprint density at radius 2 is 1.62 bits per heavy atom. The number of morpholine rings is 1. The lowest BCUT2D eigenvalue weighted by atomic mass is 9.95. The highest BCUT2D eigenvalue weighted by Gasteiger charge is 2.32. The summed E-state index contributed by atoms with van der Waals surface area (Å²) in [6, 6.07) is 6.47. The van der Waals surface area contributed by atoms with Gasteiger partial charge in [-0.3, -0.25) is 4.79 Å². The van der Waals surface area contributed by atoms with Crippen molar-refractivity contribution in [3.05, 3.63) is 29.8 Å². The average molecular weight is 381 g/mol. The maximum absolute atomic E-state index is 12.8. The Labute approximate surface area is 156 Å². The van der Waals surface area contributed by atoms with Crippen LogP contribution >= 0.6 is 0 Å². The van der Waals surface area contributed by atoms with Crippen molar-refractivity contribution in [1.82, 2.24) is 9.62 Å². The lowest BCUT2D eigenvalue weighted by Gasteiger charge is -2.34. The minimum Gasteiger partial charge on any atom is -0.373 e. The molecule has 0 spiro atoms. The van der Waals surface area contributed by atoms with Crippen LogP contribution in [-0.4, -0.2) is 50.0 Å². The maximum Gasteiger partial charge on any atom is 0.251 e. The molecule has 2 fully saturated rings. The van der Waals surface area contributed by atoms with Gasteiger partial charge in [-0.2, -0.15) is 4.31 Å². The van der Waals surface area contributed by atoms with Crippen LogP contribution in [0.3, 0.4) is 0 Å². The summed E-state index contributed by atoms with van der Waals surface area (Å²) in [5.74, 6) is -0.130. The predicted octanol–water partition coefficient (Wildman–Crippen LogP) is 2.55. The molecule has 1 aliphatic heterocycles. The van der Waals surface area contributed by atoms with E-state index in [1.807, 2.05) is 13.8 Å². The first-order valence-electron chi connectivity index (χ1n) is 9.43. The molecule has 1 amide bonds. The van der Waals surface area contributed by atoms with E-state index in [1.165, 1.54) is 22.9 Å². The molecule has 1 aliphatic carbocycles. The zero-order valence-electron chi connectivity index (χ0n) is 15.5. The molecule has 0 bridgehead atoms. The van der Waals surface area contributed by atoms with Gasteiger partial charge in [-0.05, 0) is 51.0 Å².